The molecule has 5 aromatic carbocycles. The standard InChI is InChI=1S/C22H13/c1-2-8-16-15(7-1)13-14-21-19-11-4-3-9-17(19)18-10-5-6-12-20(18)22(16)21/h1-12,14H. The smallest absolute Gasteiger partial charge is 0.00199 e. The minimum Gasteiger partial charge on any atom is -0.0616 e. The summed E-state index contributed by atoms with van der Waals surface area (Å²) in [6.07, 6.45) is 0. The quantitative estimate of drug-likeness (QED) is 0.300. The van der Waals surface area contributed by atoms with Gasteiger partial charge in [0.1, 0.15) is 0 Å². The molecule has 101 valence electrons. The van der Waals surface area contributed by atoms with Crippen LogP contribution in [0.1, 0.15) is 0 Å². The molecule has 0 saturated carbocycles. The van der Waals surface area contributed by atoms with Crippen molar-refractivity contribution in [2.45, 2.75) is 0 Å². The lowest BCUT2D eigenvalue weighted by molar-refractivity contribution is 1.77. The van der Waals surface area contributed by atoms with Gasteiger partial charge in [0, 0.05) is 0 Å². The van der Waals surface area contributed by atoms with E-state index in [0.29, 0.717) is 0 Å². The van der Waals surface area contributed by atoms with Gasteiger partial charge >= 0.3 is 0 Å². The third kappa shape index (κ3) is 1.47. The molecule has 5 aromatic rings. The van der Waals surface area contributed by atoms with E-state index in [4.69, 9.17) is 0 Å². The van der Waals surface area contributed by atoms with E-state index in [1.54, 1.807) is 0 Å². The van der Waals surface area contributed by atoms with Gasteiger partial charge < -0.3 is 0 Å². The SMILES string of the molecule is [c]1cc2c3ccccc3c3ccccc3c2c2ccccc12. The van der Waals surface area contributed by atoms with Gasteiger partial charge in [-0.05, 0) is 55.2 Å². The van der Waals surface area contributed by atoms with Crippen molar-refractivity contribution in [3.05, 3.63) is 84.9 Å². The van der Waals surface area contributed by atoms with E-state index in [9.17, 15) is 0 Å². The Kier molecular flexibility index (Phi) is 2.31. The highest BCUT2D eigenvalue weighted by Crippen LogP contribution is 2.38. The first-order valence-electron chi connectivity index (χ1n) is 7.56. The Hall–Kier alpha value is -2.86. The molecule has 0 unspecified atom stereocenters. The molecular formula is C22H13. The van der Waals surface area contributed by atoms with Gasteiger partial charge in [0.05, 0.1) is 0 Å². The minimum absolute atomic E-state index is 1.18. The summed E-state index contributed by atoms with van der Waals surface area (Å²) >= 11 is 0. The second-order valence-electron chi connectivity index (χ2n) is 5.71. The summed E-state index contributed by atoms with van der Waals surface area (Å²) in [4.78, 5) is 0. The molecule has 0 fully saturated rings. The van der Waals surface area contributed by atoms with Crippen LogP contribution in [0.2, 0.25) is 0 Å². The van der Waals surface area contributed by atoms with Crippen LogP contribution in [0.5, 0.6) is 0 Å². The number of hydrogen-bond donors (Lipinski definition) is 0. The van der Waals surface area contributed by atoms with Crippen LogP contribution >= 0.6 is 0 Å². The largest absolute Gasteiger partial charge is 0.0616 e. The van der Waals surface area contributed by atoms with Crippen molar-refractivity contribution in [2.75, 3.05) is 0 Å². The maximum atomic E-state index is 3.45. The summed E-state index contributed by atoms with van der Waals surface area (Å²) in [6.45, 7) is 0. The molecular weight excluding hydrogens is 264 g/mol. The molecule has 0 aromatic heterocycles. The summed E-state index contributed by atoms with van der Waals surface area (Å²) in [6, 6.07) is 31.5. The normalized spacial score (nSPS) is 11.6. The van der Waals surface area contributed by atoms with Gasteiger partial charge in [-0.25, -0.2) is 0 Å². The zero-order valence-corrected chi connectivity index (χ0v) is 12.0. The van der Waals surface area contributed by atoms with E-state index in [-0.39, 0.29) is 0 Å². The molecule has 1 radical (unpaired) electrons. The second kappa shape index (κ2) is 4.32. The molecule has 0 saturated heterocycles. The fourth-order valence-electron chi connectivity index (χ4n) is 3.59. The van der Waals surface area contributed by atoms with Gasteiger partial charge in [0.25, 0.3) is 0 Å². The van der Waals surface area contributed by atoms with E-state index in [1.165, 1.54) is 43.1 Å². The van der Waals surface area contributed by atoms with Crippen LogP contribution < -0.4 is 0 Å². The first kappa shape index (κ1) is 11.8. The van der Waals surface area contributed by atoms with Crippen molar-refractivity contribution in [3.8, 4) is 0 Å². The van der Waals surface area contributed by atoms with Crippen LogP contribution in [0.25, 0.3) is 43.1 Å². The topological polar surface area (TPSA) is 0 Å². The van der Waals surface area contributed by atoms with Gasteiger partial charge in [-0.3, -0.25) is 0 Å². The minimum atomic E-state index is 1.18. The molecule has 0 N–H and O–H groups in total. The molecule has 0 nitrogen and oxygen atoms in total. The lowest BCUT2D eigenvalue weighted by atomic mass is 9.91. The zero-order chi connectivity index (χ0) is 14.5. The molecule has 5 rings (SSSR count). The Bertz CT molecular complexity index is 1120. The van der Waals surface area contributed by atoms with E-state index < -0.39 is 0 Å². The lowest BCUT2D eigenvalue weighted by Crippen LogP contribution is -1.84. The van der Waals surface area contributed by atoms with Crippen molar-refractivity contribution in [2.24, 2.45) is 0 Å². The number of fused-ring (bicyclic) bond motifs is 8. The fourth-order valence-corrected chi connectivity index (χ4v) is 3.59. The van der Waals surface area contributed by atoms with Crippen molar-refractivity contribution in [3.63, 3.8) is 0 Å². The monoisotopic (exact) mass is 277 g/mol. The summed E-state index contributed by atoms with van der Waals surface area (Å²) in [5.41, 5.74) is 0. The van der Waals surface area contributed by atoms with Gasteiger partial charge in [-0.2, -0.15) is 0 Å². The molecule has 0 spiro atoms. The molecule has 0 aliphatic rings. The maximum absolute atomic E-state index is 3.45. The average Bonchev–Trinajstić information content (AvgIpc) is 2.61. The summed E-state index contributed by atoms with van der Waals surface area (Å²) < 4.78 is 0. The van der Waals surface area contributed by atoms with Crippen molar-refractivity contribution in [1.29, 1.82) is 0 Å². The average molecular weight is 277 g/mol. The first-order chi connectivity index (χ1) is 10.9. The Labute approximate surface area is 128 Å². The van der Waals surface area contributed by atoms with Gasteiger partial charge in [0.15, 0.2) is 0 Å². The van der Waals surface area contributed by atoms with E-state index >= 15 is 0 Å². The molecule has 0 amide bonds. The summed E-state index contributed by atoms with van der Waals surface area (Å²) in [5, 5.41) is 10.3. The fraction of sp³-hybridized carbons (Fsp3) is 0. The van der Waals surface area contributed by atoms with Gasteiger partial charge in [-0.1, -0.05) is 72.8 Å². The van der Waals surface area contributed by atoms with Crippen LogP contribution in [-0.2, 0) is 0 Å². The highest BCUT2D eigenvalue weighted by molar-refractivity contribution is 6.31. The summed E-state index contributed by atoms with van der Waals surface area (Å²) in [5.74, 6) is 0. The first-order valence-corrected chi connectivity index (χ1v) is 7.56. The predicted molar refractivity (Wildman–Crippen MR) is 95.3 cm³/mol. The number of hydrogen-bond acceptors (Lipinski definition) is 0. The highest BCUT2D eigenvalue weighted by Gasteiger charge is 2.10. The Morgan fingerprint density at radius 3 is 1.68 bits per heavy atom. The highest BCUT2D eigenvalue weighted by atomic mass is 14.1. The second-order valence-corrected chi connectivity index (χ2v) is 5.71. The number of benzene rings is 5. The molecule has 0 atom stereocenters. The summed E-state index contributed by atoms with van der Waals surface area (Å²) in [7, 11) is 0. The third-order valence-corrected chi connectivity index (χ3v) is 4.54. The van der Waals surface area contributed by atoms with E-state index in [1.807, 2.05) is 0 Å². The molecule has 0 heterocycles. The molecule has 0 heteroatoms. The maximum Gasteiger partial charge on any atom is -0.00199 e. The van der Waals surface area contributed by atoms with E-state index in [0.717, 1.165) is 0 Å². The van der Waals surface area contributed by atoms with Crippen LogP contribution in [0, 0.1) is 6.07 Å². The molecule has 22 heavy (non-hydrogen) atoms. The Morgan fingerprint density at radius 1 is 0.455 bits per heavy atom. The zero-order valence-electron chi connectivity index (χ0n) is 12.0. The van der Waals surface area contributed by atoms with Gasteiger partial charge in [0.2, 0.25) is 0 Å². The molecule has 0 aliphatic carbocycles. The van der Waals surface area contributed by atoms with Crippen molar-refractivity contribution in [1.82, 2.24) is 0 Å². The molecule has 0 bridgehead atoms. The Balaban J connectivity index is 2.24. The van der Waals surface area contributed by atoms with Crippen LogP contribution in [0.3, 0.4) is 0 Å². The van der Waals surface area contributed by atoms with E-state index in [2.05, 4.69) is 84.9 Å². The third-order valence-electron chi connectivity index (χ3n) is 4.54. The van der Waals surface area contributed by atoms with Crippen LogP contribution in [-0.4, -0.2) is 0 Å². The molecule has 0 aliphatic heterocycles. The lowest BCUT2D eigenvalue weighted by Gasteiger charge is -2.12. The van der Waals surface area contributed by atoms with Crippen LogP contribution in [0.4, 0.5) is 0 Å². The van der Waals surface area contributed by atoms with Gasteiger partial charge in [-0.15, -0.1) is 0 Å². The van der Waals surface area contributed by atoms with Crippen molar-refractivity contribution < 1.29 is 0 Å². The Morgan fingerprint density at radius 2 is 0.955 bits per heavy atom. The predicted octanol–water partition coefficient (Wildman–Crippen LogP) is 6.10. The van der Waals surface area contributed by atoms with Crippen LogP contribution in [0.15, 0.2) is 78.9 Å². The van der Waals surface area contributed by atoms with Crippen molar-refractivity contribution >= 4 is 43.1 Å². The number of rotatable bonds is 0.